The molecule has 0 heterocycles. The van der Waals surface area contributed by atoms with Crippen molar-refractivity contribution in [3.63, 3.8) is 0 Å². The lowest BCUT2D eigenvalue weighted by atomic mass is 9.91. The minimum absolute atomic E-state index is 0.0205. The summed E-state index contributed by atoms with van der Waals surface area (Å²) >= 11 is 0. The number of carbonyl (C=O) groups is 1. The van der Waals surface area contributed by atoms with E-state index in [0.29, 0.717) is 0 Å². The van der Waals surface area contributed by atoms with Crippen molar-refractivity contribution in [1.82, 2.24) is 4.89 Å². The van der Waals surface area contributed by atoms with Crippen molar-refractivity contribution < 1.29 is 23.2 Å². The average molecular weight is 251 g/mol. The van der Waals surface area contributed by atoms with E-state index in [4.69, 9.17) is 5.11 Å². The molecular formula is C9H17NO5S. The topological polar surface area (TPSA) is 92.7 Å². The summed E-state index contributed by atoms with van der Waals surface area (Å²) in [5.41, 5.74) is 0. The number of nitrogens with one attached hydrogen (secondary N) is 1. The Hall–Kier alpha value is -0.660. The molecular weight excluding hydrogens is 234 g/mol. The Balaban J connectivity index is 2.29. The summed E-state index contributed by atoms with van der Waals surface area (Å²) in [6.45, 7) is -0.663. The highest BCUT2D eigenvalue weighted by molar-refractivity contribution is 7.89. The largest absolute Gasteiger partial charge is 0.479 e. The molecule has 0 atom stereocenters. The molecule has 0 unspecified atom stereocenters. The number of rotatable bonds is 6. The number of hydrogen-bond acceptors (Lipinski definition) is 4. The lowest BCUT2D eigenvalue weighted by Crippen LogP contribution is -2.32. The second-order valence-electron chi connectivity index (χ2n) is 4.05. The van der Waals surface area contributed by atoms with Gasteiger partial charge in [-0.3, -0.25) is 4.84 Å². The normalized spacial score (nSPS) is 18.5. The molecule has 1 aliphatic rings. The first-order valence-corrected chi connectivity index (χ1v) is 6.98. The van der Waals surface area contributed by atoms with Gasteiger partial charge in [0.15, 0.2) is 6.61 Å². The van der Waals surface area contributed by atoms with Crippen LogP contribution < -0.4 is 4.89 Å². The number of carboxylic acid groups (broad SMARTS) is 1. The Labute approximate surface area is 95.0 Å². The van der Waals surface area contributed by atoms with Gasteiger partial charge in [0, 0.05) is 0 Å². The summed E-state index contributed by atoms with van der Waals surface area (Å²) in [7, 11) is -3.51. The summed E-state index contributed by atoms with van der Waals surface area (Å²) in [5.74, 6) is -1.02. The molecule has 0 saturated heterocycles. The van der Waals surface area contributed by atoms with Crippen LogP contribution in [-0.2, 0) is 19.7 Å². The zero-order chi connectivity index (χ0) is 12.0. The van der Waals surface area contributed by atoms with E-state index in [-0.39, 0.29) is 11.7 Å². The van der Waals surface area contributed by atoms with Crippen LogP contribution in [0.1, 0.15) is 32.1 Å². The van der Waals surface area contributed by atoms with Crippen LogP contribution in [0, 0.1) is 5.92 Å². The van der Waals surface area contributed by atoms with Crippen molar-refractivity contribution >= 4 is 16.0 Å². The zero-order valence-corrected chi connectivity index (χ0v) is 9.83. The molecule has 0 amide bonds. The van der Waals surface area contributed by atoms with Gasteiger partial charge in [0.2, 0.25) is 10.0 Å². The molecule has 2 N–H and O–H groups in total. The van der Waals surface area contributed by atoms with E-state index in [1.165, 1.54) is 6.42 Å². The van der Waals surface area contributed by atoms with E-state index in [1.54, 1.807) is 0 Å². The Morgan fingerprint density at radius 1 is 1.31 bits per heavy atom. The fraction of sp³-hybridized carbons (Fsp3) is 0.889. The smallest absolute Gasteiger partial charge is 0.331 e. The fourth-order valence-corrected chi connectivity index (χ4v) is 3.14. The molecule has 7 heteroatoms. The molecule has 0 aromatic heterocycles. The average Bonchev–Trinajstić information content (AvgIpc) is 2.17. The Bertz CT molecular complexity index is 321. The molecule has 1 saturated carbocycles. The van der Waals surface area contributed by atoms with Crippen LogP contribution in [0.4, 0.5) is 0 Å². The third-order valence-corrected chi connectivity index (χ3v) is 3.84. The maximum Gasteiger partial charge on any atom is 0.331 e. The fourth-order valence-electron chi connectivity index (χ4n) is 1.88. The minimum Gasteiger partial charge on any atom is -0.479 e. The van der Waals surface area contributed by atoms with Gasteiger partial charge < -0.3 is 5.11 Å². The van der Waals surface area contributed by atoms with E-state index in [2.05, 4.69) is 4.84 Å². The van der Waals surface area contributed by atoms with Gasteiger partial charge in [-0.2, -0.15) is 0 Å². The minimum atomic E-state index is -3.51. The molecule has 16 heavy (non-hydrogen) atoms. The quantitative estimate of drug-likeness (QED) is 0.671. The lowest BCUT2D eigenvalue weighted by Gasteiger charge is -2.21. The van der Waals surface area contributed by atoms with Crippen molar-refractivity contribution in [2.75, 3.05) is 12.4 Å². The van der Waals surface area contributed by atoms with Crippen molar-refractivity contribution in [3.05, 3.63) is 0 Å². The molecule has 1 rings (SSSR count). The number of carboxylic acids is 1. The monoisotopic (exact) mass is 251 g/mol. The van der Waals surface area contributed by atoms with E-state index in [0.717, 1.165) is 25.7 Å². The Morgan fingerprint density at radius 2 is 1.94 bits per heavy atom. The first kappa shape index (κ1) is 13.4. The van der Waals surface area contributed by atoms with Crippen molar-refractivity contribution in [3.8, 4) is 0 Å². The molecule has 6 nitrogen and oxygen atoms in total. The van der Waals surface area contributed by atoms with Crippen LogP contribution in [-0.4, -0.2) is 31.9 Å². The molecule has 0 aromatic carbocycles. The number of sulfonamides is 1. The predicted molar refractivity (Wildman–Crippen MR) is 57.1 cm³/mol. The van der Waals surface area contributed by atoms with Gasteiger partial charge in [0.25, 0.3) is 0 Å². The SMILES string of the molecule is O=C(O)CONS(=O)(=O)CC1CCCCC1. The highest BCUT2D eigenvalue weighted by Gasteiger charge is 2.21. The molecule has 0 aliphatic heterocycles. The molecule has 1 aliphatic carbocycles. The molecule has 94 valence electrons. The van der Waals surface area contributed by atoms with Crippen LogP contribution in [0.5, 0.6) is 0 Å². The third-order valence-electron chi connectivity index (χ3n) is 2.56. The van der Waals surface area contributed by atoms with Gasteiger partial charge in [-0.15, -0.1) is 0 Å². The standard InChI is InChI=1S/C9H17NO5S/c11-9(12)6-15-10-16(13,14)7-8-4-2-1-3-5-8/h8,10H,1-7H2,(H,11,12). The second-order valence-corrected chi connectivity index (χ2v) is 5.78. The summed E-state index contributed by atoms with van der Waals surface area (Å²) in [4.78, 5) is 16.3. The zero-order valence-electron chi connectivity index (χ0n) is 9.02. The molecule has 0 radical (unpaired) electrons. The summed E-state index contributed by atoms with van der Waals surface area (Å²) in [5, 5.41) is 8.27. The first-order valence-electron chi connectivity index (χ1n) is 5.32. The molecule has 0 spiro atoms. The second kappa shape index (κ2) is 6.17. The van der Waals surface area contributed by atoms with Gasteiger partial charge in [0.1, 0.15) is 0 Å². The maximum atomic E-state index is 11.5. The number of hydrogen-bond donors (Lipinski definition) is 2. The summed E-state index contributed by atoms with van der Waals surface area (Å²) in [6.07, 6.45) is 5.13. The van der Waals surface area contributed by atoms with Crippen LogP contribution >= 0.6 is 0 Å². The summed E-state index contributed by atoms with van der Waals surface area (Å²) < 4.78 is 22.9. The van der Waals surface area contributed by atoms with Gasteiger partial charge >= 0.3 is 5.97 Å². The van der Waals surface area contributed by atoms with Crippen LogP contribution in [0.3, 0.4) is 0 Å². The predicted octanol–water partition coefficient (Wildman–Crippen LogP) is 0.502. The van der Waals surface area contributed by atoms with Gasteiger partial charge in [-0.25, -0.2) is 13.2 Å². The summed E-state index contributed by atoms with van der Waals surface area (Å²) in [6, 6.07) is 0. The third kappa shape index (κ3) is 5.43. The van der Waals surface area contributed by atoms with Crippen molar-refractivity contribution in [1.29, 1.82) is 0 Å². The number of aliphatic carboxylic acids is 1. The maximum absolute atomic E-state index is 11.5. The van der Waals surface area contributed by atoms with Crippen molar-refractivity contribution in [2.24, 2.45) is 5.92 Å². The highest BCUT2D eigenvalue weighted by atomic mass is 32.2. The van der Waals surface area contributed by atoms with Crippen LogP contribution in [0.2, 0.25) is 0 Å². The van der Waals surface area contributed by atoms with E-state index in [9.17, 15) is 13.2 Å². The lowest BCUT2D eigenvalue weighted by molar-refractivity contribution is -0.143. The van der Waals surface area contributed by atoms with Gasteiger partial charge in [0.05, 0.1) is 5.75 Å². The van der Waals surface area contributed by atoms with E-state index in [1.807, 2.05) is 4.89 Å². The van der Waals surface area contributed by atoms with Crippen molar-refractivity contribution in [2.45, 2.75) is 32.1 Å². The Kier molecular flexibility index (Phi) is 5.17. The molecule has 0 bridgehead atoms. The first-order chi connectivity index (χ1) is 7.49. The van der Waals surface area contributed by atoms with Crippen LogP contribution in [0.15, 0.2) is 0 Å². The molecule has 0 aromatic rings. The van der Waals surface area contributed by atoms with Crippen LogP contribution in [0.25, 0.3) is 0 Å². The van der Waals surface area contributed by atoms with Gasteiger partial charge in [-0.1, -0.05) is 24.1 Å². The highest BCUT2D eigenvalue weighted by Crippen LogP contribution is 2.24. The van der Waals surface area contributed by atoms with E-state index < -0.39 is 22.6 Å². The molecule has 1 fully saturated rings. The Morgan fingerprint density at radius 3 is 2.50 bits per heavy atom. The van der Waals surface area contributed by atoms with Gasteiger partial charge in [-0.05, 0) is 18.8 Å². The van der Waals surface area contributed by atoms with E-state index >= 15 is 0 Å².